The first-order valence-corrected chi connectivity index (χ1v) is 14.6. The Bertz CT molecular complexity index is 856. The second kappa shape index (κ2) is 8.30. The summed E-state index contributed by atoms with van der Waals surface area (Å²) >= 11 is 4.58. The Morgan fingerprint density at radius 1 is 0.483 bits per heavy atom. The van der Waals surface area contributed by atoms with E-state index in [1.807, 2.05) is 20.9 Å². The van der Waals surface area contributed by atoms with Crippen molar-refractivity contribution in [2.24, 2.45) is 11.8 Å². The van der Waals surface area contributed by atoms with Crippen LogP contribution in [0.3, 0.4) is 0 Å². The summed E-state index contributed by atoms with van der Waals surface area (Å²) in [5.74, 6) is 3.76. The summed E-state index contributed by atoms with van der Waals surface area (Å²) in [4.78, 5) is 3.72. The van der Waals surface area contributed by atoms with Gasteiger partial charge >= 0.3 is 0 Å². The Balaban J connectivity index is 1.43. The van der Waals surface area contributed by atoms with Gasteiger partial charge in [-0.05, 0) is 79.7 Å². The molecule has 2 aromatic heterocycles. The van der Waals surface area contributed by atoms with Gasteiger partial charge in [0, 0.05) is 19.2 Å². The lowest BCUT2D eigenvalue weighted by atomic mass is 9.78. The fourth-order valence-corrected chi connectivity index (χ4v) is 10.6. The van der Waals surface area contributed by atoms with E-state index < -0.39 is 0 Å². The third kappa shape index (κ3) is 3.65. The predicted octanol–water partition coefficient (Wildman–Crippen LogP) is 9.35. The van der Waals surface area contributed by atoms with Gasteiger partial charge in [0.05, 0.1) is 0 Å². The smallest absolute Gasteiger partial charge is 0.0491 e. The van der Waals surface area contributed by atoms with Crippen LogP contribution in [0.5, 0.6) is 0 Å². The molecule has 2 aromatic rings. The molecular formula is C27H38S2. The number of rotatable bonds is 0. The molecule has 4 unspecified atom stereocenters. The molecule has 29 heavy (non-hydrogen) atoms. The molecule has 2 fully saturated rings. The van der Waals surface area contributed by atoms with Crippen LogP contribution in [0.4, 0.5) is 0 Å². The van der Waals surface area contributed by atoms with Crippen LogP contribution in [0.2, 0.25) is 0 Å². The van der Waals surface area contributed by atoms with Gasteiger partial charge in [0.1, 0.15) is 0 Å². The molecule has 4 bridgehead atoms. The molecule has 0 N–H and O–H groups in total. The van der Waals surface area contributed by atoms with Gasteiger partial charge in [-0.25, -0.2) is 0 Å². The highest BCUT2D eigenvalue weighted by molar-refractivity contribution is 7.28. The topological polar surface area (TPSA) is 0 Å². The van der Waals surface area contributed by atoms with Crippen LogP contribution < -0.4 is 0 Å². The van der Waals surface area contributed by atoms with E-state index in [1.54, 1.807) is 9.40 Å². The number of hydrogen-bond acceptors (Lipinski definition) is 2. The lowest BCUT2D eigenvalue weighted by Crippen LogP contribution is -2.16. The molecule has 2 heterocycles. The molecule has 6 rings (SSSR count). The highest BCUT2D eigenvalue weighted by Crippen LogP contribution is 2.54. The highest BCUT2D eigenvalue weighted by atomic mass is 32.1. The highest BCUT2D eigenvalue weighted by Gasteiger charge is 2.35. The third-order valence-electron chi connectivity index (χ3n) is 8.87. The first-order chi connectivity index (χ1) is 14.4. The first kappa shape index (κ1) is 19.4. The van der Waals surface area contributed by atoms with E-state index >= 15 is 0 Å². The van der Waals surface area contributed by atoms with E-state index in [-0.39, 0.29) is 0 Å². The molecule has 2 heteroatoms. The zero-order valence-corrected chi connectivity index (χ0v) is 19.8. The minimum absolute atomic E-state index is 0.894. The van der Waals surface area contributed by atoms with Gasteiger partial charge in [0.25, 0.3) is 0 Å². The molecule has 0 aromatic carbocycles. The minimum atomic E-state index is 0.894. The van der Waals surface area contributed by atoms with Crippen molar-refractivity contribution in [1.82, 2.24) is 0 Å². The Morgan fingerprint density at radius 3 is 1.76 bits per heavy atom. The van der Waals surface area contributed by atoms with Crippen LogP contribution in [-0.4, -0.2) is 0 Å². The van der Waals surface area contributed by atoms with Crippen LogP contribution >= 0.6 is 22.7 Å². The van der Waals surface area contributed by atoms with Gasteiger partial charge in [-0.15, -0.1) is 22.7 Å². The average molecular weight is 427 g/mol. The molecule has 4 atom stereocenters. The zero-order chi connectivity index (χ0) is 19.2. The predicted molar refractivity (Wildman–Crippen MR) is 129 cm³/mol. The largest absolute Gasteiger partial charge is 0.138 e. The molecule has 0 nitrogen and oxygen atoms in total. The van der Waals surface area contributed by atoms with Gasteiger partial charge in [-0.2, -0.15) is 0 Å². The Kier molecular flexibility index (Phi) is 5.54. The normalized spacial score (nSPS) is 33.2. The van der Waals surface area contributed by atoms with Crippen LogP contribution in [0, 0.1) is 11.8 Å². The van der Waals surface area contributed by atoms with Crippen molar-refractivity contribution in [2.75, 3.05) is 0 Å². The number of thiophene rings is 2. The molecular weight excluding hydrogens is 388 g/mol. The van der Waals surface area contributed by atoms with Gasteiger partial charge in [-0.1, -0.05) is 64.2 Å². The van der Waals surface area contributed by atoms with Crippen molar-refractivity contribution in [1.29, 1.82) is 0 Å². The molecule has 158 valence electrons. The summed E-state index contributed by atoms with van der Waals surface area (Å²) in [7, 11) is 0. The molecule has 4 aliphatic rings. The van der Waals surface area contributed by atoms with Crippen LogP contribution in [0.15, 0.2) is 0 Å². The maximum atomic E-state index is 2.29. The number of fused-ring (bicyclic) bond motifs is 12. The van der Waals surface area contributed by atoms with Gasteiger partial charge in [0.2, 0.25) is 0 Å². The van der Waals surface area contributed by atoms with Crippen molar-refractivity contribution in [3.8, 4) is 0 Å². The van der Waals surface area contributed by atoms with Crippen molar-refractivity contribution in [2.45, 2.75) is 121 Å². The third-order valence-corrected chi connectivity index (χ3v) is 11.9. The lowest BCUT2D eigenvalue weighted by Gasteiger charge is -2.28. The number of hydrogen-bond donors (Lipinski definition) is 0. The van der Waals surface area contributed by atoms with Crippen molar-refractivity contribution >= 4 is 32.1 Å². The van der Waals surface area contributed by atoms with Crippen LogP contribution in [0.25, 0.3) is 9.40 Å². The van der Waals surface area contributed by atoms with Crippen molar-refractivity contribution in [3.05, 3.63) is 20.9 Å². The molecule has 0 saturated heterocycles. The van der Waals surface area contributed by atoms with E-state index in [0.29, 0.717) is 0 Å². The standard InChI is InChI=1S/C27H38S2/c1-3-7-11-20-14-13-18(9-5-1)16-22-24(20)28-27-23-17-19-10-6-2-4-8-12-21(15-19)25(23)29-26(22)27/h18-21H,1-17H2. The molecule has 0 amide bonds. The summed E-state index contributed by atoms with van der Waals surface area (Å²) in [6, 6.07) is 0. The summed E-state index contributed by atoms with van der Waals surface area (Å²) in [6.07, 6.45) is 25.2. The van der Waals surface area contributed by atoms with Gasteiger partial charge < -0.3 is 0 Å². The van der Waals surface area contributed by atoms with E-state index in [2.05, 4.69) is 22.7 Å². The summed E-state index contributed by atoms with van der Waals surface area (Å²) < 4.78 is 3.57. The first-order valence-electron chi connectivity index (χ1n) is 12.9. The monoisotopic (exact) mass is 426 g/mol. The second-order valence-corrected chi connectivity index (χ2v) is 13.0. The molecule has 4 aliphatic carbocycles. The SMILES string of the molecule is C1CCCC2CCC(CC1)Cc1c2sc2c3c(sc12)C1CCCCCCC(C3)C1. The fourth-order valence-electron chi connectivity index (χ4n) is 7.29. The maximum absolute atomic E-state index is 2.29. The van der Waals surface area contributed by atoms with E-state index in [1.165, 1.54) is 109 Å². The van der Waals surface area contributed by atoms with Crippen molar-refractivity contribution in [3.63, 3.8) is 0 Å². The minimum Gasteiger partial charge on any atom is -0.138 e. The summed E-state index contributed by atoms with van der Waals surface area (Å²) in [5.41, 5.74) is 3.72. The van der Waals surface area contributed by atoms with Crippen molar-refractivity contribution < 1.29 is 0 Å². The lowest BCUT2D eigenvalue weighted by molar-refractivity contribution is 0.377. The zero-order valence-electron chi connectivity index (χ0n) is 18.1. The van der Waals surface area contributed by atoms with E-state index in [0.717, 1.165) is 23.7 Å². The molecule has 0 spiro atoms. The summed E-state index contributed by atoms with van der Waals surface area (Å²) in [5, 5.41) is 0. The maximum Gasteiger partial charge on any atom is 0.0491 e. The Hall–Kier alpha value is -0.340. The van der Waals surface area contributed by atoms with Gasteiger partial charge in [0.15, 0.2) is 0 Å². The summed E-state index contributed by atoms with van der Waals surface area (Å²) in [6.45, 7) is 0. The Morgan fingerprint density at radius 2 is 1.03 bits per heavy atom. The second-order valence-electron chi connectivity index (χ2n) is 10.9. The molecule has 0 aliphatic heterocycles. The van der Waals surface area contributed by atoms with Gasteiger partial charge in [-0.3, -0.25) is 0 Å². The average Bonchev–Trinajstić information content (AvgIpc) is 3.22. The Labute approximate surface area is 185 Å². The molecule has 0 radical (unpaired) electrons. The van der Waals surface area contributed by atoms with E-state index in [4.69, 9.17) is 0 Å². The fraction of sp³-hybridized carbons (Fsp3) is 0.778. The van der Waals surface area contributed by atoms with E-state index in [9.17, 15) is 0 Å². The van der Waals surface area contributed by atoms with Crippen LogP contribution in [0.1, 0.15) is 129 Å². The molecule has 2 saturated carbocycles. The van der Waals surface area contributed by atoms with Crippen LogP contribution in [-0.2, 0) is 12.8 Å². The quantitative estimate of drug-likeness (QED) is 0.393.